The number of amides is 1. The zero-order valence-electron chi connectivity index (χ0n) is 14.5. The molecule has 3 atom stereocenters. The van der Waals surface area contributed by atoms with Crippen molar-refractivity contribution in [3.05, 3.63) is 35.3 Å². The fourth-order valence-corrected chi connectivity index (χ4v) is 5.39. The Bertz CT molecular complexity index is 677. The fourth-order valence-electron chi connectivity index (χ4n) is 4.13. The highest BCUT2D eigenvalue weighted by molar-refractivity contribution is 8.02. The van der Waals surface area contributed by atoms with Gasteiger partial charge in [-0.2, -0.15) is 0 Å². The Labute approximate surface area is 152 Å². The third-order valence-electron chi connectivity index (χ3n) is 5.63. The lowest BCUT2D eigenvalue weighted by Gasteiger charge is -2.41. The number of hydrogen-bond acceptors (Lipinski definition) is 5. The Morgan fingerprint density at radius 3 is 2.76 bits per heavy atom. The summed E-state index contributed by atoms with van der Waals surface area (Å²) in [5.74, 6) is 1.46. The van der Waals surface area contributed by atoms with Crippen LogP contribution in [0.2, 0.25) is 0 Å². The maximum atomic E-state index is 13.0. The number of thioether (sulfide) groups is 1. The number of rotatable bonds is 2. The molecule has 1 saturated heterocycles. The van der Waals surface area contributed by atoms with Crippen molar-refractivity contribution in [2.24, 2.45) is 11.8 Å². The van der Waals surface area contributed by atoms with Gasteiger partial charge in [0, 0.05) is 37.3 Å². The van der Waals surface area contributed by atoms with E-state index in [-0.39, 0.29) is 11.8 Å². The molecule has 0 bridgehead atoms. The minimum absolute atomic E-state index is 0.0656. The largest absolute Gasteiger partial charge is 0.459 e. The Morgan fingerprint density at radius 1 is 1.24 bits per heavy atom. The van der Waals surface area contributed by atoms with E-state index in [2.05, 4.69) is 17.2 Å². The molecule has 25 heavy (non-hydrogen) atoms. The summed E-state index contributed by atoms with van der Waals surface area (Å²) in [6.45, 7) is 4.92. The minimum atomic E-state index is -0.0656. The average molecular weight is 360 g/mol. The molecule has 5 nitrogen and oxygen atoms in total. The summed E-state index contributed by atoms with van der Waals surface area (Å²) in [7, 11) is 0. The van der Waals surface area contributed by atoms with E-state index < -0.39 is 0 Å². The summed E-state index contributed by atoms with van der Waals surface area (Å²) < 4.78 is 5.20. The first kappa shape index (κ1) is 16.8. The lowest BCUT2D eigenvalue weighted by Crippen LogP contribution is -2.50. The maximum Gasteiger partial charge on any atom is 0.289 e. The molecule has 0 spiro atoms. The molecule has 0 N–H and O–H groups in total. The predicted molar refractivity (Wildman–Crippen MR) is 97.2 cm³/mol. The summed E-state index contributed by atoms with van der Waals surface area (Å²) in [6.07, 6.45) is 4.92. The smallest absolute Gasteiger partial charge is 0.289 e. The molecule has 3 heterocycles. The number of carbonyl (C=O) groups excluding carboxylic acids is 2. The lowest BCUT2D eigenvalue weighted by atomic mass is 9.79. The van der Waals surface area contributed by atoms with Crippen LogP contribution in [0.4, 0.5) is 0 Å². The molecule has 134 valence electrons. The molecular weight excluding hydrogens is 336 g/mol. The van der Waals surface area contributed by atoms with Gasteiger partial charge in [0.25, 0.3) is 5.91 Å². The highest BCUT2D eigenvalue weighted by Crippen LogP contribution is 2.42. The molecule has 2 aliphatic heterocycles. The van der Waals surface area contributed by atoms with Crippen LogP contribution in [0.15, 0.2) is 33.9 Å². The van der Waals surface area contributed by atoms with Gasteiger partial charge in [-0.15, -0.1) is 11.8 Å². The van der Waals surface area contributed by atoms with Gasteiger partial charge in [0.05, 0.1) is 12.0 Å². The van der Waals surface area contributed by atoms with E-state index in [1.165, 1.54) is 12.7 Å². The minimum Gasteiger partial charge on any atom is -0.459 e. The number of furan rings is 1. The Balaban J connectivity index is 1.40. The monoisotopic (exact) mass is 360 g/mol. The van der Waals surface area contributed by atoms with Crippen LogP contribution >= 0.6 is 11.8 Å². The average Bonchev–Trinajstić information content (AvgIpc) is 3.17. The number of hydrogen-bond donors (Lipinski definition) is 0. The predicted octanol–water partition coefficient (Wildman–Crippen LogP) is 3.00. The first-order valence-corrected chi connectivity index (χ1v) is 10.1. The van der Waals surface area contributed by atoms with Gasteiger partial charge >= 0.3 is 0 Å². The van der Waals surface area contributed by atoms with Gasteiger partial charge in [-0.1, -0.05) is 6.92 Å². The van der Waals surface area contributed by atoms with Crippen molar-refractivity contribution >= 4 is 23.5 Å². The summed E-state index contributed by atoms with van der Waals surface area (Å²) in [5.41, 5.74) is 0.866. The number of nitrogens with zero attached hydrogens (tertiary/aromatic N) is 2. The second-order valence-electron chi connectivity index (χ2n) is 7.32. The van der Waals surface area contributed by atoms with Gasteiger partial charge < -0.3 is 14.2 Å². The first-order valence-electron chi connectivity index (χ1n) is 9.11. The summed E-state index contributed by atoms with van der Waals surface area (Å²) in [6, 6.07) is 3.43. The number of Topliss-reactive ketones (excluding diaryl/α,β-unsaturated/α-hetero) is 1. The van der Waals surface area contributed by atoms with Crippen LogP contribution in [-0.2, 0) is 4.79 Å². The molecule has 3 unspecified atom stereocenters. The third-order valence-corrected chi connectivity index (χ3v) is 6.91. The van der Waals surface area contributed by atoms with Gasteiger partial charge in [-0.25, -0.2) is 0 Å². The van der Waals surface area contributed by atoms with E-state index in [0.29, 0.717) is 48.9 Å². The molecule has 2 fully saturated rings. The second kappa shape index (κ2) is 6.90. The number of allylic oxidation sites excluding steroid dienone is 1. The topological polar surface area (TPSA) is 53.8 Å². The molecule has 1 saturated carbocycles. The van der Waals surface area contributed by atoms with E-state index >= 15 is 0 Å². The van der Waals surface area contributed by atoms with Gasteiger partial charge in [0.2, 0.25) is 0 Å². The second-order valence-corrected chi connectivity index (χ2v) is 8.44. The van der Waals surface area contributed by atoms with Crippen LogP contribution in [0.25, 0.3) is 0 Å². The molecule has 1 aliphatic carbocycles. The SMILES string of the molecule is CC1CCC2SC=C(N3CCN(C(=O)c4ccco4)CC3)C(=O)C2C1. The normalized spacial score (nSPS) is 30.0. The maximum absolute atomic E-state index is 13.0. The van der Waals surface area contributed by atoms with E-state index in [4.69, 9.17) is 4.42 Å². The Kier molecular flexibility index (Phi) is 4.63. The standard InChI is InChI=1S/C19H24N2O3S/c1-13-4-5-17-14(11-13)18(22)15(12-25-17)20-6-8-21(9-7-20)19(23)16-3-2-10-24-16/h2-3,10,12-14,17H,4-9,11H2,1H3. The first-order chi connectivity index (χ1) is 12.1. The highest BCUT2D eigenvalue weighted by atomic mass is 32.2. The van der Waals surface area contributed by atoms with Crippen LogP contribution < -0.4 is 0 Å². The molecule has 3 aliphatic rings. The van der Waals surface area contributed by atoms with Crippen molar-refractivity contribution in [3.8, 4) is 0 Å². The molecule has 6 heteroatoms. The van der Waals surface area contributed by atoms with Gasteiger partial charge in [0.15, 0.2) is 11.5 Å². The molecule has 1 amide bonds. The van der Waals surface area contributed by atoms with Crippen molar-refractivity contribution in [2.75, 3.05) is 26.2 Å². The quantitative estimate of drug-likeness (QED) is 0.811. The Hall–Kier alpha value is -1.69. The zero-order valence-corrected chi connectivity index (χ0v) is 15.3. The number of piperazine rings is 1. The van der Waals surface area contributed by atoms with Crippen molar-refractivity contribution in [1.82, 2.24) is 9.80 Å². The summed E-state index contributed by atoms with van der Waals surface area (Å²) in [4.78, 5) is 29.3. The van der Waals surface area contributed by atoms with E-state index in [0.717, 1.165) is 18.5 Å². The van der Waals surface area contributed by atoms with Crippen molar-refractivity contribution < 1.29 is 14.0 Å². The fraction of sp³-hybridized carbons (Fsp3) is 0.579. The van der Waals surface area contributed by atoms with Crippen LogP contribution in [0.1, 0.15) is 36.7 Å². The number of carbonyl (C=O) groups is 2. The van der Waals surface area contributed by atoms with Crippen molar-refractivity contribution in [1.29, 1.82) is 0 Å². The molecule has 0 radical (unpaired) electrons. The van der Waals surface area contributed by atoms with Gasteiger partial charge in [0.1, 0.15) is 0 Å². The number of ketones is 1. The molecule has 0 aromatic carbocycles. The van der Waals surface area contributed by atoms with E-state index in [1.807, 2.05) is 16.7 Å². The third kappa shape index (κ3) is 3.24. The molecule has 4 rings (SSSR count). The van der Waals surface area contributed by atoms with E-state index in [1.54, 1.807) is 12.1 Å². The molecular formula is C19H24N2O3S. The van der Waals surface area contributed by atoms with Crippen LogP contribution in [0, 0.1) is 11.8 Å². The van der Waals surface area contributed by atoms with E-state index in [9.17, 15) is 9.59 Å². The van der Waals surface area contributed by atoms with Crippen LogP contribution in [0.3, 0.4) is 0 Å². The molecule has 1 aromatic heterocycles. The lowest BCUT2D eigenvalue weighted by molar-refractivity contribution is -0.122. The van der Waals surface area contributed by atoms with Gasteiger partial charge in [-0.3, -0.25) is 9.59 Å². The summed E-state index contributed by atoms with van der Waals surface area (Å²) >= 11 is 1.84. The Morgan fingerprint density at radius 2 is 2.04 bits per heavy atom. The van der Waals surface area contributed by atoms with Crippen LogP contribution in [0.5, 0.6) is 0 Å². The van der Waals surface area contributed by atoms with Crippen molar-refractivity contribution in [3.63, 3.8) is 0 Å². The molecule has 1 aromatic rings. The van der Waals surface area contributed by atoms with Crippen LogP contribution in [-0.4, -0.2) is 52.9 Å². The van der Waals surface area contributed by atoms with Crippen molar-refractivity contribution in [2.45, 2.75) is 31.4 Å². The van der Waals surface area contributed by atoms with Gasteiger partial charge in [-0.05, 0) is 42.7 Å². The number of fused-ring (bicyclic) bond motifs is 1. The highest BCUT2D eigenvalue weighted by Gasteiger charge is 2.40. The summed E-state index contributed by atoms with van der Waals surface area (Å²) in [5, 5.41) is 2.54. The zero-order chi connectivity index (χ0) is 17.4.